The molecule has 0 saturated carbocycles. The summed E-state index contributed by atoms with van der Waals surface area (Å²) in [5.41, 5.74) is 0.371. The van der Waals surface area contributed by atoms with E-state index in [4.69, 9.17) is 0 Å². The Morgan fingerprint density at radius 1 is 1.20 bits per heavy atom. The number of nitrogens with zero attached hydrogens (tertiary/aromatic N) is 1. The van der Waals surface area contributed by atoms with Crippen LogP contribution in [0.25, 0.3) is 0 Å². The minimum Gasteiger partial charge on any atom is -0.326 e. The number of halogens is 1. The number of carbonyl (C=O) groups is 2. The van der Waals surface area contributed by atoms with Crippen LogP contribution in [0.2, 0.25) is 0 Å². The van der Waals surface area contributed by atoms with Crippen LogP contribution in [0.3, 0.4) is 0 Å². The molecule has 2 N–H and O–H groups in total. The molecule has 0 saturated heterocycles. The van der Waals surface area contributed by atoms with Crippen molar-refractivity contribution in [3.8, 4) is 0 Å². The molecule has 0 aliphatic rings. The van der Waals surface area contributed by atoms with Gasteiger partial charge in [-0.15, -0.1) is 11.3 Å². The number of nitrogens with one attached hydrogen (secondary N) is 2. The van der Waals surface area contributed by atoms with Crippen LogP contribution in [0, 0.1) is 5.82 Å². The highest BCUT2D eigenvalue weighted by Gasteiger charge is 2.08. The summed E-state index contributed by atoms with van der Waals surface area (Å²) >= 11 is 1.30. The molecule has 0 spiro atoms. The van der Waals surface area contributed by atoms with Crippen molar-refractivity contribution in [2.75, 3.05) is 10.6 Å². The molecule has 0 fully saturated rings. The molecule has 0 unspecified atom stereocenters. The summed E-state index contributed by atoms with van der Waals surface area (Å²) in [5.74, 6) is -1.05. The van der Waals surface area contributed by atoms with Gasteiger partial charge in [-0.3, -0.25) is 9.59 Å². The molecule has 104 valence electrons. The zero-order chi connectivity index (χ0) is 14.4. The number of thiazole rings is 1. The quantitative estimate of drug-likeness (QED) is 0.890. The van der Waals surface area contributed by atoms with Crippen molar-refractivity contribution in [3.63, 3.8) is 0 Å². The minimum absolute atomic E-state index is 0.0215. The first-order valence-electron chi connectivity index (χ1n) is 5.88. The summed E-state index contributed by atoms with van der Waals surface area (Å²) in [5, 5.41) is 7.35. The standard InChI is InChI=1S/C13H12FN3O2S/c14-9-2-1-3-10(8-9)16-11(18)4-5-12(19)17-13-15-6-7-20-13/h1-3,6-8H,4-5H2,(H,16,18)(H,15,17,19). The van der Waals surface area contributed by atoms with E-state index in [1.807, 2.05) is 0 Å². The summed E-state index contributed by atoms with van der Waals surface area (Å²) < 4.78 is 12.9. The van der Waals surface area contributed by atoms with Crippen LogP contribution in [-0.4, -0.2) is 16.8 Å². The highest BCUT2D eigenvalue weighted by atomic mass is 32.1. The SMILES string of the molecule is O=C(CCC(=O)Nc1nccs1)Nc1cccc(F)c1. The third kappa shape index (κ3) is 4.43. The molecule has 2 aromatic rings. The molecular formula is C13H12FN3O2S. The van der Waals surface area contributed by atoms with Gasteiger partial charge in [-0.2, -0.15) is 0 Å². The van der Waals surface area contributed by atoms with Crippen molar-refractivity contribution in [1.82, 2.24) is 4.98 Å². The number of amides is 2. The van der Waals surface area contributed by atoms with E-state index in [-0.39, 0.29) is 24.7 Å². The molecule has 0 aliphatic carbocycles. The molecule has 20 heavy (non-hydrogen) atoms. The van der Waals surface area contributed by atoms with Gasteiger partial charge in [0.25, 0.3) is 0 Å². The Balaban J connectivity index is 1.76. The Morgan fingerprint density at radius 3 is 2.60 bits per heavy atom. The predicted molar refractivity (Wildman–Crippen MR) is 75.0 cm³/mol. The lowest BCUT2D eigenvalue weighted by Gasteiger charge is -2.05. The summed E-state index contributed by atoms with van der Waals surface area (Å²) in [4.78, 5) is 27.0. The number of carbonyl (C=O) groups excluding carboxylic acids is 2. The maximum absolute atomic E-state index is 12.9. The zero-order valence-corrected chi connectivity index (χ0v) is 11.2. The molecule has 0 atom stereocenters. The first-order chi connectivity index (χ1) is 9.63. The Hall–Kier alpha value is -2.28. The normalized spacial score (nSPS) is 10.1. The van der Waals surface area contributed by atoms with Crippen molar-refractivity contribution < 1.29 is 14.0 Å². The maximum atomic E-state index is 12.9. The summed E-state index contributed by atoms with van der Waals surface area (Å²) in [6, 6.07) is 5.58. The van der Waals surface area contributed by atoms with Gasteiger partial charge in [0, 0.05) is 30.1 Å². The molecule has 5 nitrogen and oxygen atoms in total. The molecule has 7 heteroatoms. The average molecular weight is 293 g/mol. The highest BCUT2D eigenvalue weighted by molar-refractivity contribution is 7.13. The van der Waals surface area contributed by atoms with E-state index in [0.29, 0.717) is 10.8 Å². The Labute approximate surface area is 118 Å². The van der Waals surface area contributed by atoms with Crippen LogP contribution in [0.1, 0.15) is 12.8 Å². The van der Waals surface area contributed by atoms with Crippen LogP contribution >= 0.6 is 11.3 Å². The molecule has 2 rings (SSSR count). The number of anilines is 2. The van der Waals surface area contributed by atoms with Gasteiger partial charge in [0.1, 0.15) is 5.82 Å². The fraction of sp³-hybridized carbons (Fsp3) is 0.154. The van der Waals surface area contributed by atoms with E-state index in [1.54, 1.807) is 17.6 Å². The van der Waals surface area contributed by atoms with Crippen LogP contribution in [0.5, 0.6) is 0 Å². The Morgan fingerprint density at radius 2 is 1.95 bits per heavy atom. The predicted octanol–water partition coefficient (Wildman–Crippen LogP) is 2.64. The molecule has 1 aromatic carbocycles. The largest absolute Gasteiger partial charge is 0.326 e. The Kier molecular flexibility index (Phi) is 4.78. The number of hydrogen-bond donors (Lipinski definition) is 2. The van der Waals surface area contributed by atoms with Gasteiger partial charge in [-0.25, -0.2) is 9.37 Å². The molecule has 0 aliphatic heterocycles. The van der Waals surface area contributed by atoms with E-state index in [9.17, 15) is 14.0 Å². The van der Waals surface area contributed by atoms with Gasteiger partial charge >= 0.3 is 0 Å². The lowest BCUT2D eigenvalue weighted by atomic mass is 10.2. The monoisotopic (exact) mass is 293 g/mol. The van der Waals surface area contributed by atoms with Crippen LogP contribution < -0.4 is 10.6 Å². The van der Waals surface area contributed by atoms with Gasteiger partial charge < -0.3 is 10.6 Å². The molecular weight excluding hydrogens is 281 g/mol. The lowest BCUT2D eigenvalue weighted by molar-refractivity contribution is -0.121. The first kappa shape index (κ1) is 14.1. The molecule has 0 bridgehead atoms. The molecule has 1 aromatic heterocycles. The van der Waals surface area contributed by atoms with Crippen molar-refractivity contribution in [2.24, 2.45) is 0 Å². The van der Waals surface area contributed by atoms with Crippen LogP contribution in [0.4, 0.5) is 15.2 Å². The number of rotatable bonds is 5. The molecule has 2 amide bonds. The van der Waals surface area contributed by atoms with Crippen molar-refractivity contribution in [3.05, 3.63) is 41.7 Å². The fourth-order valence-electron chi connectivity index (χ4n) is 1.48. The maximum Gasteiger partial charge on any atom is 0.226 e. The summed E-state index contributed by atoms with van der Waals surface area (Å²) in [7, 11) is 0. The third-order valence-corrected chi connectivity index (χ3v) is 3.05. The lowest BCUT2D eigenvalue weighted by Crippen LogP contribution is -2.17. The van der Waals surface area contributed by atoms with Crippen LogP contribution in [-0.2, 0) is 9.59 Å². The molecule has 0 radical (unpaired) electrons. The topological polar surface area (TPSA) is 71.1 Å². The number of aromatic nitrogens is 1. The fourth-order valence-corrected chi connectivity index (χ4v) is 2.03. The zero-order valence-electron chi connectivity index (χ0n) is 10.4. The number of benzene rings is 1. The number of hydrogen-bond acceptors (Lipinski definition) is 4. The Bertz CT molecular complexity index is 601. The second-order valence-electron chi connectivity index (χ2n) is 3.94. The van der Waals surface area contributed by atoms with Crippen molar-refractivity contribution in [2.45, 2.75) is 12.8 Å². The minimum atomic E-state index is -0.427. The van der Waals surface area contributed by atoms with E-state index in [0.717, 1.165) is 0 Å². The first-order valence-corrected chi connectivity index (χ1v) is 6.76. The second kappa shape index (κ2) is 6.76. The third-order valence-electron chi connectivity index (χ3n) is 2.37. The van der Waals surface area contributed by atoms with Crippen molar-refractivity contribution >= 4 is 34.0 Å². The van der Waals surface area contributed by atoms with E-state index >= 15 is 0 Å². The van der Waals surface area contributed by atoms with Crippen molar-refractivity contribution in [1.29, 1.82) is 0 Å². The van der Waals surface area contributed by atoms with Gasteiger partial charge in [0.15, 0.2) is 5.13 Å². The van der Waals surface area contributed by atoms with E-state index in [1.165, 1.54) is 29.5 Å². The summed E-state index contributed by atoms with van der Waals surface area (Å²) in [6.07, 6.45) is 1.64. The average Bonchev–Trinajstić information content (AvgIpc) is 2.89. The smallest absolute Gasteiger partial charge is 0.226 e. The van der Waals surface area contributed by atoms with E-state index in [2.05, 4.69) is 15.6 Å². The van der Waals surface area contributed by atoms with Gasteiger partial charge in [-0.05, 0) is 18.2 Å². The second-order valence-corrected chi connectivity index (χ2v) is 4.84. The highest BCUT2D eigenvalue weighted by Crippen LogP contribution is 2.12. The molecule has 1 heterocycles. The summed E-state index contributed by atoms with van der Waals surface area (Å²) in [6.45, 7) is 0. The van der Waals surface area contributed by atoms with Gasteiger partial charge in [-0.1, -0.05) is 6.07 Å². The van der Waals surface area contributed by atoms with Crippen LogP contribution in [0.15, 0.2) is 35.8 Å². The van der Waals surface area contributed by atoms with Gasteiger partial charge in [0.2, 0.25) is 11.8 Å². The van der Waals surface area contributed by atoms with Gasteiger partial charge in [0.05, 0.1) is 0 Å². The van der Waals surface area contributed by atoms with E-state index < -0.39 is 5.82 Å².